The van der Waals surface area contributed by atoms with Crippen molar-refractivity contribution in [1.29, 1.82) is 0 Å². The van der Waals surface area contributed by atoms with Gasteiger partial charge < -0.3 is 22.0 Å². The minimum Gasteiger partial charge on any atom is -1.00 e. The molecule has 0 heterocycles. The predicted octanol–water partition coefficient (Wildman–Crippen LogP) is -2.80. The lowest BCUT2D eigenvalue weighted by Gasteiger charge is -2.26. The Kier molecular flexibility index (Phi) is 6.24. The van der Waals surface area contributed by atoms with E-state index < -0.39 is 6.10 Å². The van der Waals surface area contributed by atoms with Crippen LogP contribution in [0, 0.1) is 0 Å². The second-order valence-corrected chi connectivity index (χ2v) is 4.13. The Labute approximate surface area is 86.0 Å². The van der Waals surface area contributed by atoms with E-state index in [0.29, 0.717) is 16.6 Å². The summed E-state index contributed by atoms with van der Waals surface area (Å²) in [7, 11) is 5.78. The quantitative estimate of drug-likeness (QED) is 0.400. The topological polar surface area (TPSA) is 37.3 Å². The van der Waals surface area contributed by atoms with Crippen LogP contribution in [0.3, 0.4) is 0 Å². The Morgan fingerprint density at radius 2 is 1.85 bits per heavy atom. The van der Waals surface area contributed by atoms with Gasteiger partial charge in [0.1, 0.15) is 6.54 Å². The van der Waals surface area contributed by atoms with E-state index in [2.05, 4.69) is 6.58 Å². The molecule has 0 aromatic heterocycles. The number of quaternary nitrogens is 1. The Balaban J connectivity index is 0. The number of rotatable bonds is 4. The zero-order valence-corrected chi connectivity index (χ0v) is 9.43. The third kappa shape index (κ3) is 6.75. The van der Waals surface area contributed by atoms with Crippen molar-refractivity contribution in [3.8, 4) is 0 Å². The van der Waals surface area contributed by atoms with Gasteiger partial charge in [-0.3, -0.25) is 4.79 Å². The first kappa shape index (κ1) is 15.1. The van der Waals surface area contributed by atoms with Crippen LogP contribution in [0.5, 0.6) is 0 Å². The van der Waals surface area contributed by atoms with Crippen LogP contribution in [0.1, 0.15) is 6.92 Å². The zero-order chi connectivity index (χ0) is 9.94. The molecule has 0 aliphatic heterocycles. The molecular formula is C9H18ClNO2. The molecule has 1 unspecified atom stereocenters. The van der Waals surface area contributed by atoms with E-state index in [9.17, 15) is 9.90 Å². The van der Waals surface area contributed by atoms with Crippen LogP contribution in [0.25, 0.3) is 0 Å². The molecule has 0 spiro atoms. The SMILES string of the molecule is C=C(C)C(=O)C(O)C[N+](C)(C)C.[Cl-]. The van der Waals surface area contributed by atoms with Gasteiger partial charge in [-0.15, -0.1) is 0 Å². The van der Waals surface area contributed by atoms with E-state index in [1.165, 1.54) is 0 Å². The molecule has 0 saturated heterocycles. The van der Waals surface area contributed by atoms with E-state index in [-0.39, 0.29) is 18.2 Å². The third-order valence-corrected chi connectivity index (χ3v) is 1.44. The first-order chi connectivity index (χ1) is 5.24. The summed E-state index contributed by atoms with van der Waals surface area (Å²) in [5, 5.41) is 9.40. The minimum absolute atomic E-state index is 0. The van der Waals surface area contributed by atoms with Crippen LogP contribution < -0.4 is 12.4 Å². The maximum absolute atomic E-state index is 11.2. The van der Waals surface area contributed by atoms with E-state index in [1.807, 2.05) is 21.1 Å². The van der Waals surface area contributed by atoms with Crippen LogP contribution in [0.4, 0.5) is 0 Å². The van der Waals surface area contributed by atoms with Gasteiger partial charge >= 0.3 is 0 Å². The van der Waals surface area contributed by atoms with Crippen LogP contribution >= 0.6 is 0 Å². The van der Waals surface area contributed by atoms with E-state index in [1.54, 1.807) is 6.92 Å². The smallest absolute Gasteiger partial charge is 0.192 e. The van der Waals surface area contributed by atoms with Crippen LogP contribution in [0.2, 0.25) is 0 Å². The van der Waals surface area contributed by atoms with Crippen molar-refractivity contribution in [1.82, 2.24) is 0 Å². The zero-order valence-electron chi connectivity index (χ0n) is 8.67. The van der Waals surface area contributed by atoms with Crippen molar-refractivity contribution in [3.63, 3.8) is 0 Å². The van der Waals surface area contributed by atoms with Crippen molar-refractivity contribution < 1.29 is 26.8 Å². The summed E-state index contributed by atoms with van der Waals surface area (Å²) < 4.78 is 0.570. The third-order valence-electron chi connectivity index (χ3n) is 1.44. The molecule has 4 heteroatoms. The molecule has 0 saturated carbocycles. The highest BCUT2D eigenvalue weighted by Crippen LogP contribution is 2.01. The van der Waals surface area contributed by atoms with E-state index >= 15 is 0 Å². The number of carbonyl (C=O) groups is 1. The number of nitrogens with zero attached hydrogens (tertiary/aromatic N) is 1. The number of aliphatic hydroxyl groups excluding tert-OH is 1. The van der Waals surface area contributed by atoms with Crippen LogP contribution in [-0.2, 0) is 4.79 Å². The minimum atomic E-state index is -0.914. The standard InChI is InChI=1S/C9H18NO2.ClH/c1-7(2)9(12)8(11)6-10(3,4)5;/h8,11H,1,6H2,2-5H3;1H/q+1;/p-1. The predicted molar refractivity (Wildman–Crippen MR) is 48.7 cm³/mol. The monoisotopic (exact) mass is 207 g/mol. The molecule has 0 aliphatic rings. The highest BCUT2D eigenvalue weighted by molar-refractivity contribution is 5.97. The Bertz CT molecular complexity index is 196. The van der Waals surface area contributed by atoms with Gasteiger partial charge in [-0.25, -0.2) is 0 Å². The summed E-state index contributed by atoms with van der Waals surface area (Å²) in [4.78, 5) is 11.2. The van der Waals surface area contributed by atoms with Crippen molar-refractivity contribution in [2.75, 3.05) is 27.7 Å². The summed E-state index contributed by atoms with van der Waals surface area (Å²) in [6.07, 6.45) is -0.914. The summed E-state index contributed by atoms with van der Waals surface area (Å²) in [6.45, 7) is 5.52. The molecular weight excluding hydrogens is 190 g/mol. The second kappa shape index (κ2) is 5.37. The van der Waals surface area contributed by atoms with Crippen LogP contribution in [0.15, 0.2) is 12.2 Å². The number of carbonyl (C=O) groups excluding carboxylic acids is 1. The van der Waals surface area contributed by atoms with Gasteiger partial charge in [0, 0.05) is 0 Å². The molecule has 1 atom stereocenters. The fraction of sp³-hybridized carbons (Fsp3) is 0.667. The second-order valence-electron chi connectivity index (χ2n) is 4.13. The molecule has 0 aliphatic carbocycles. The fourth-order valence-electron chi connectivity index (χ4n) is 0.886. The fourth-order valence-corrected chi connectivity index (χ4v) is 0.886. The van der Waals surface area contributed by atoms with Crippen molar-refractivity contribution in [3.05, 3.63) is 12.2 Å². The van der Waals surface area contributed by atoms with Crippen molar-refractivity contribution in [2.24, 2.45) is 0 Å². The van der Waals surface area contributed by atoms with Gasteiger partial charge in [-0.05, 0) is 12.5 Å². The Morgan fingerprint density at radius 3 is 2.08 bits per heavy atom. The molecule has 0 amide bonds. The van der Waals surface area contributed by atoms with Crippen molar-refractivity contribution in [2.45, 2.75) is 13.0 Å². The summed E-state index contributed by atoms with van der Waals surface area (Å²) in [5.41, 5.74) is 0.413. The number of ketones is 1. The number of hydrogen-bond donors (Lipinski definition) is 1. The van der Waals surface area contributed by atoms with Gasteiger partial charge in [0.2, 0.25) is 0 Å². The summed E-state index contributed by atoms with van der Waals surface area (Å²) in [6, 6.07) is 0. The number of Topliss-reactive ketones (excluding diaryl/α,β-unsaturated/α-hetero) is 1. The maximum atomic E-state index is 11.2. The highest BCUT2D eigenvalue weighted by atomic mass is 35.5. The molecule has 0 aromatic carbocycles. The highest BCUT2D eigenvalue weighted by Gasteiger charge is 2.22. The van der Waals surface area contributed by atoms with Gasteiger partial charge in [0.15, 0.2) is 11.9 Å². The molecule has 0 fully saturated rings. The van der Waals surface area contributed by atoms with Crippen LogP contribution in [-0.4, -0.2) is 49.2 Å². The number of likely N-dealkylation sites (N-methyl/N-ethyl adjacent to an activating group) is 1. The van der Waals surface area contributed by atoms with E-state index in [4.69, 9.17) is 0 Å². The normalized spacial score (nSPS) is 13.0. The Hall–Kier alpha value is -0.380. The number of hydrogen-bond acceptors (Lipinski definition) is 2. The maximum Gasteiger partial charge on any atom is 0.192 e. The van der Waals surface area contributed by atoms with Crippen molar-refractivity contribution >= 4 is 5.78 Å². The summed E-state index contributed by atoms with van der Waals surface area (Å²) in [5.74, 6) is -0.261. The Morgan fingerprint density at radius 1 is 1.46 bits per heavy atom. The first-order valence-corrected chi connectivity index (χ1v) is 3.92. The number of halogens is 1. The number of aliphatic hydroxyl groups is 1. The lowest BCUT2D eigenvalue weighted by atomic mass is 10.1. The molecule has 0 aromatic rings. The molecule has 13 heavy (non-hydrogen) atoms. The average Bonchev–Trinajstić information content (AvgIpc) is 1.82. The van der Waals surface area contributed by atoms with Gasteiger partial charge in [-0.2, -0.15) is 0 Å². The molecule has 1 N–H and O–H groups in total. The molecule has 0 bridgehead atoms. The first-order valence-electron chi connectivity index (χ1n) is 3.92. The molecule has 3 nitrogen and oxygen atoms in total. The average molecular weight is 208 g/mol. The van der Waals surface area contributed by atoms with Gasteiger partial charge in [-0.1, -0.05) is 6.58 Å². The molecule has 0 rings (SSSR count). The largest absolute Gasteiger partial charge is 1.00 e. The molecule has 78 valence electrons. The lowest BCUT2D eigenvalue weighted by molar-refractivity contribution is -0.872. The van der Waals surface area contributed by atoms with Gasteiger partial charge in [0.05, 0.1) is 21.1 Å². The lowest BCUT2D eigenvalue weighted by Crippen LogP contribution is -3.00. The molecule has 0 radical (unpaired) electrons. The summed E-state index contributed by atoms with van der Waals surface area (Å²) >= 11 is 0. The van der Waals surface area contributed by atoms with Gasteiger partial charge in [0.25, 0.3) is 0 Å². The van der Waals surface area contributed by atoms with E-state index in [0.717, 1.165) is 0 Å².